The van der Waals surface area contributed by atoms with E-state index in [1.54, 1.807) is 12.1 Å². The first-order valence-electron chi connectivity index (χ1n) is 6.47. The fourth-order valence-corrected chi connectivity index (χ4v) is 3.19. The van der Waals surface area contributed by atoms with Crippen LogP contribution in [0.1, 0.15) is 24.8 Å². The summed E-state index contributed by atoms with van der Waals surface area (Å²) in [6.45, 7) is 1.56. The largest absolute Gasteiger partial charge is 0.299 e. The van der Waals surface area contributed by atoms with E-state index in [4.69, 9.17) is 11.6 Å². The van der Waals surface area contributed by atoms with E-state index in [2.05, 4.69) is 0 Å². The lowest BCUT2D eigenvalue weighted by molar-refractivity contribution is 0.0298. The monoisotopic (exact) mass is 289 g/mol. The zero-order chi connectivity index (χ0) is 13.7. The molecule has 1 saturated carbocycles. The molecule has 1 heterocycles. The molecule has 19 heavy (non-hydrogen) atoms. The summed E-state index contributed by atoms with van der Waals surface area (Å²) >= 11 is 5.98. The first-order valence-corrected chi connectivity index (χ1v) is 6.84. The highest BCUT2D eigenvalue weighted by atomic mass is 35.5. The van der Waals surface area contributed by atoms with Crippen molar-refractivity contribution in [1.82, 2.24) is 4.90 Å². The first kappa shape index (κ1) is 13.3. The van der Waals surface area contributed by atoms with Crippen molar-refractivity contribution in [2.75, 3.05) is 13.1 Å². The molecule has 1 aliphatic heterocycles. The second kappa shape index (κ2) is 4.38. The summed E-state index contributed by atoms with van der Waals surface area (Å²) in [6.07, 6.45) is 1.01. The van der Waals surface area contributed by atoms with Crippen LogP contribution in [0, 0.1) is 11.2 Å². The Labute approximate surface area is 115 Å². The molecule has 5 heteroatoms. The molecule has 0 unspecified atom stereocenters. The van der Waals surface area contributed by atoms with E-state index in [1.807, 2.05) is 4.90 Å². The number of benzene rings is 1. The highest BCUT2D eigenvalue weighted by molar-refractivity contribution is 6.31. The number of alkyl halides is 2. The van der Waals surface area contributed by atoms with Gasteiger partial charge in [-0.25, -0.2) is 13.2 Å². The predicted octanol–water partition coefficient (Wildman–Crippen LogP) is 4.10. The number of hydrogen-bond donors (Lipinski definition) is 0. The molecule has 0 amide bonds. The minimum Gasteiger partial charge on any atom is -0.299 e. The fourth-order valence-electron chi connectivity index (χ4n) is 2.97. The summed E-state index contributed by atoms with van der Waals surface area (Å²) in [5.41, 5.74) is -0.301. The van der Waals surface area contributed by atoms with Gasteiger partial charge >= 0.3 is 0 Å². The number of halogens is 4. The maximum atomic E-state index is 13.7. The maximum Gasteiger partial charge on any atom is 0.254 e. The Hall–Kier alpha value is -0.740. The van der Waals surface area contributed by atoms with E-state index in [9.17, 15) is 13.2 Å². The van der Waals surface area contributed by atoms with E-state index in [0.717, 1.165) is 0 Å². The van der Waals surface area contributed by atoms with Crippen molar-refractivity contribution in [3.63, 3.8) is 0 Å². The second-order valence-corrected chi connectivity index (χ2v) is 6.05. The Morgan fingerprint density at radius 3 is 2.37 bits per heavy atom. The summed E-state index contributed by atoms with van der Waals surface area (Å²) in [5, 5.41) is 0.400. The first-order chi connectivity index (χ1) is 8.94. The number of hydrogen-bond acceptors (Lipinski definition) is 1. The molecule has 0 radical (unpaired) electrons. The van der Waals surface area contributed by atoms with Gasteiger partial charge in [0.15, 0.2) is 0 Å². The Morgan fingerprint density at radius 1 is 1.21 bits per heavy atom. The third-order valence-electron chi connectivity index (χ3n) is 4.47. The average Bonchev–Trinajstić information content (AvgIpc) is 2.88. The second-order valence-electron chi connectivity index (χ2n) is 5.64. The molecule has 0 aromatic heterocycles. The van der Waals surface area contributed by atoms with Gasteiger partial charge in [0.1, 0.15) is 5.82 Å². The Balaban J connectivity index is 1.64. The summed E-state index contributed by atoms with van der Waals surface area (Å²) in [7, 11) is 0. The molecule has 104 valence electrons. The van der Waals surface area contributed by atoms with Crippen LogP contribution in [-0.2, 0) is 6.54 Å². The number of likely N-dealkylation sites (tertiary alicyclic amines) is 1. The molecule has 0 bridgehead atoms. The van der Waals surface area contributed by atoms with E-state index < -0.39 is 11.3 Å². The van der Waals surface area contributed by atoms with E-state index in [-0.39, 0.29) is 12.2 Å². The van der Waals surface area contributed by atoms with E-state index in [0.29, 0.717) is 43.1 Å². The molecule has 1 saturated heterocycles. The van der Waals surface area contributed by atoms with Crippen LogP contribution in [0.15, 0.2) is 18.2 Å². The molecule has 2 aliphatic rings. The molecule has 1 aromatic rings. The molecular weight excluding hydrogens is 275 g/mol. The van der Waals surface area contributed by atoms with Crippen LogP contribution in [0.3, 0.4) is 0 Å². The maximum absolute atomic E-state index is 13.7. The smallest absolute Gasteiger partial charge is 0.254 e. The van der Waals surface area contributed by atoms with Gasteiger partial charge in [-0.15, -0.1) is 0 Å². The van der Waals surface area contributed by atoms with Crippen molar-refractivity contribution in [3.05, 3.63) is 34.6 Å². The highest BCUT2D eigenvalue weighted by Crippen LogP contribution is 2.65. The molecule has 0 atom stereocenters. The lowest BCUT2D eigenvalue weighted by Crippen LogP contribution is -2.36. The third-order valence-corrected chi connectivity index (χ3v) is 4.82. The van der Waals surface area contributed by atoms with Gasteiger partial charge in [0.25, 0.3) is 5.92 Å². The van der Waals surface area contributed by atoms with Crippen LogP contribution in [-0.4, -0.2) is 23.9 Å². The van der Waals surface area contributed by atoms with Gasteiger partial charge in [-0.1, -0.05) is 17.7 Å². The minimum absolute atomic E-state index is 0.0221. The van der Waals surface area contributed by atoms with Crippen LogP contribution in [0.25, 0.3) is 0 Å². The average molecular weight is 290 g/mol. The zero-order valence-electron chi connectivity index (χ0n) is 10.4. The molecule has 0 N–H and O–H groups in total. The summed E-state index contributed by atoms with van der Waals surface area (Å²) in [4.78, 5) is 2.00. The van der Waals surface area contributed by atoms with E-state index >= 15 is 0 Å². The van der Waals surface area contributed by atoms with Crippen molar-refractivity contribution >= 4 is 11.6 Å². The van der Waals surface area contributed by atoms with Crippen LogP contribution >= 0.6 is 11.6 Å². The van der Waals surface area contributed by atoms with Crippen LogP contribution < -0.4 is 0 Å². The van der Waals surface area contributed by atoms with Gasteiger partial charge in [-0.05, 0) is 38.1 Å². The zero-order valence-corrected chi connectivity index (χ0v) is 11.2. The lowest BCUT2D eigenvalue weighted by Gasteiger charge is -2.32. The van der Waals surface area contributed by atoms with Crippen molar-refractivity contribution in [2.45, 2.75) is 31.7 Å². The van der Waals surface area contributed by atoms with Crippen LogP contribution in [0.5, 0.6) is 0 Å². The highest BCUT2D eigenvalue weighted by Gasteiger charge is 2.70. The third kappa shape index (κ3) is 2.25. The topological polar surface area (TPSA) is 3.24 Å². The van der Waals surface area contributed by atoms with Crippen molar-refractivity contribution in [1.29, 1.82) is 0 Å². The molecule has 3 rings (SSSR count). The van der Waals surface area contributed by atoms with Gasteiger partial charge in [0, 0.05) is 29.0 Å². The van der Waals surface area contributed by atoms with Crippen LogP contribution in [0.2, 0.25) is 5.02 Å². The molecule has 1 aliphatic carbocycles. The van der Waals surface area contributed by atoms with Gasteiger partial charge in [-0.3, -0.25) is 4.90 Å². The molecule has 2 fully saturated rings. The summed E-state index contributed by atoms with van der Waals surface area (Å²) in [6, 6.07) is 4.60. The number of nitrogens with zero attached hydrogens (tertiary/aromatic N) is 1. The van der Waals surface area contributed by atoms with Gasteiger partial charge < -0.3 is 0 Å². The summed E-state index contributed by atoms with van der Waals surface area (Å²) < 4.78 is 40.2. The number of piperidine rings is 1. The normalized spacial score (nSPS) is 24.6. The predicted molar refractivity (Wildman–Crippen MR) is 67.9 cm³/mol. The molecule has 1 nitrogen and oxygen atoms in total. The lowest BCUT2D eigenvalue weighted by atomic mass is 9.92. The van der Waals surface area contributed by atoms with Gasteiger partial charge in [0.05, 0.1) is 0 Å². The Morgan fingerprint density at radius 2 is 1.84 bits per heavy atom. The van der Waals surface area contributed by atoms with Crippen molar-refractivity contribution < 1.29 is 13.2 Å². The molecular formula is C14H15ClF3N. The SMILES string of the molecule is Fc1cccc(Cl)c1CN1CCC2(CC1)CC2(F)F. The standard InChI is InChI=1S/C14H15ClF3N/c15-11-2-1-3-12(16)10(11)8-19-6-4-13(5-7-19)9-14(13,17)18/h1-3H,4-9H2. The van der Waals surface area contributed by atoms with Crippen molar-refractivity contribution in [2.24, 2.45) is 5.41 Å². The molecule has 1 aromatic carbocycles. The number of rotatable bonds is 2. The Kier molecular flexibility index (Phi) is 3.06. The van der Waals surface area contributed by atoms with Gasteiger partial charge in [0.2, 0.25) is 0 Å². The fraction of sp³-hybridized carbons (Fsp3) is 0.571. The molecule has 1 spiro atoms. The van der Waals surface area contributed by atoms with Gasteiger partial charge in [-0.2, -0.15) is 0 Å². The summed E-state index contributed by atoms with van der Waals surface area (Å²) in [5.74, 6) is -2.81. The minimum atomic E-state index is -2.48. The van der Waals surface area contributed by atoms with Crippen molar-refractivity contribution in [3.8, 4) is 0 Å². The van der Waals surface area contributed by atoms with Crippen LogP contribution in [0.4, 0.5) is 13.2 Å². The Bertz CT molecular complexity index is 475. The van der Waals surface area contributed by atoms with E-state index in [1.165, 1.54) is 6.07 Å². The quantitative estimate of drug-likeness (QED) is 0.792.